The Hall–Kier alpha value is -4.26. The lowest BCUT2D eigenvalue weighted by Crippen LogP contribution is -2.38. The van der Waals surface area contributed by atoms with E-state index in [1.807, 2.05) is 24.0 Å². The van der Waals surface area contributed by atoms with Gasteiger partial charge in [0.25, 0.3) is 0 Å². The number of carbonyl (C=O) groups is 2. The van der Waals surface area contributed by atoms with Crippen molar-refractivity contribution in [2.45, 2.75) is 64.7 Å². The van der Waals surface area contributed by atoms with Crippen LogP contribution in [0.15, 0.2) is 42.6 Å². The summed E-state index contributed by atoms with van der Waals surface area (Å²) in [5.74, 6) is -0.525. The Kier molecular flexibility index (Phi) is 8.38. The average Bonchev–Trinajstić information content (AvgIpc) is 3.65. The molecular formula is C32H32F3N5O4S. The molecule has 13 heteroatoms. The van der Waals surface area contributed by atoms with Crippen LogP contribution in [0.4, 0.5) is 13.2 Å². The molecule has 0 radical (unpaired) electrons. The van der Waals surface area contributed by atoms with E-state index in [1.54, 1.807) is 12.1 Å². The number of hydrogen-bond donors (Lipinski definition) is 1. The fraction of sp³-hybridized carbons (Fsp3) is 0.406. The number of aromatic nitrogens is 4. The molecular weight excluding hydrogens is 607 g/mol. The second kappa shape index (κ2) is 12.3. The van der Waals surface area contributed by atoms with Gasteiger partial charge in [-0.2, -0.15) is 18.3 Å². The van der Waals surface area contributed by atoms with E-state index in [9.17, 15) is 27.9 Å². The fourth-order valence-electron chi connectivity index (χ4n) is 5.89. The molecule has 1 aliphatic heterocycles. The number of ether oxygens (including phenoxy) is 1. The van der Waals surface area contributed by atoms with Gasteiger partial charge in [-0.25, -0.2) is 19.4 Å². The number of likely N-dealkylation sites (tertiary alicyclic amines) is 1. The Labute approximate surface area is 261 Å². The Morgan fingerprint density at radius 2 is 1.84 bits per heavy atom. The molecule has 4 aromatic rings. The normalized spacial score (nSPS) is 15.8. The van der Waals surface area contributed by atoms with Crippen LogP contribution in [-0.2, 0) is 24.0 Å². The molecule has 1 amide bonds. The van der Waals surface area contributed by atoms with Crippen LogP contribution in [-0.4, -0.2) is 54.7 Å². The third-order valence-corrected chi connectivity index (χ3v) is 9.37. The minimum Gasteiger partial charge on any atom is -0.478 e. The van der Waals surface area contributed by atoms with Gasteiger partial charge in [0, 0.05) is 41.2 Å². The SMILES string of the molecule is CCc1nc(OCc2cc(C)sc2-c2cccc(-n3ncc(C(=O)O)c3C(F)(F)F)n2)ccc1C1CCN(C(=O)C2CC2)CC1. The van der Waals surface area contributed by atoms with E-state index < -0.39 is 23.4 Å². The van der Waals surface area contributed by atoms with Crippen molar-refractivity contribution in [3.63, 3.8) is 0 Å². The van der Waals surface area contributed by atoms with Crippen LogP contribution in [0.5, 0.6) is 5.88 Å². The monoisotopic (exact) mass is 639 g/mol. The lowest BCUT2D eigenvalue weighted by Gasteiger charge is -2.33. The van der Waals surface area contributed by atoms with Crippen molar-refractivity contribution in [3.8, 4) is 22.3 Å². The second-order valence-electron chi connectivity index (χ2n) is 11.4. The van der Waals surface area contributed by atoms with Crippen molar-refractivity contribution in [2.75, 3.05) is 13.1 Å². The van der Waals surface area contributed by atoms with Gasteiger partial charge in [-0.3, -0.25) is 4.79 Å². The van der Waals surface area contributed by atoms with Crippen molar-refractivity contribution in [1.29, 1.82) is 0 Å². The lowest BCUT2D eigenvalue weighted by molar-refractivity contribution is -0.143. The minimum absolute atomic E-state index is 0.155. The van der Waals surface area contributed by atoms with Gasteiger partial charge in [0.2, 0.25) is 11.8 Å². The van der Waals surface area contributed by atoms with Crippen LogP contribution in [0.25, 0.3) is 16.4 Å². The van der Waals surface area contributed by atoms with Crippen molar-refractivity contribution >= 4 is 23.2 Å². The number of alkyl halides is 3. The summed E-state index contributed by atoms with van der Waals surface area (Å²) in [5.41, 5.74) is 1.02. The van der Waals surface area contributed by atoms with Crippen molar-refractivity contribution in [1.82, 2.24) is 24.6 Å². The van der Waals surface area contributed by atoms with Crippen LogP contribution in [0.1, 0.15) is 76.3 Å². The zero-order valence-electron chi connectivity index (χ0n) is 24.8. The molecule has 236 valence electrons. The van der Waals surface area contributed by atoms with Gasteiger partial charge in [0.15, 0.2) is 11.5 Å². The van der Waals surface area contributed by atoms with Crippen molar-refractivity contribution in [3.05, 3.63) is 75.6 Å². The number of carbonyl (C=O) groups excluding carboxylic acids is 1. The summed E-state index contributed by atoms with van der Waals surface area (Å²) in [6.07, 6.45) is 0.327. The number of piperidine rings is 1. The van der Waals surface area contributed by atoms with E-state index >= 15 is 0 Å². The van der Waals surface area contributed by atoms with Crippen LogP contribution in [0, 0.1) is 12.8 Å². The van der Waals surface area contributed by atoms with E-state index in [0.717, 1.165) is 61.3 Å². The first kappa shape index (κ1) is 30.8. The molecule has 9 nitrogen and oxygen atoms in total. The topological polar surface area (TPSA) is 110 Å². The van der Waals surface area contributed by atoms with Gasteiger partial charge in [0.05, 0.1) is 16.8 Å². The van der Waals surface area contributed by atoms with Gasteiger partial charge < -0.3 is 14.7 Å². The standard InChI is InChI=1S/C32H32F3N5O4S/c1-3-24-22(19-11-13-39(14-12-19)30(41)20-7-8-20)9-10-27(38-24)44-17-21-15-18(2)45-28(21)25-5-4-6-26(37-25)40-29(32(33,34)35)23(16-36-40)31(42)43/h4-6,9-10,15-16,19-20H,3,7-8,11-14,17H2,1-2H3,(H,42,43). The number of aryl methyl sites for hydroxylation is 2. The van der Waals surface area contributed by atoms with Gasteiger partial charge in [-0.05, 0) is 68.7 Å². The predicted octanol–water partition coefficient (Wildman–Crippen LogP) is 6.67. The van der Waals surface area contributed by atoms with Crippen LogP contribution < -0.4 is 4.74 Å². The summed E-state index contributed by atoms with van der Waals surface area (Å²) in [6, 6.07) is 10.5. The molecule has 0 unspecified atom stereocenters. The molecule has 4 aromatic heterocycles. The highest BCUT2D eigenvalue weighted by Gasteiger charge is 2.41. The molecule has 1 saturated heterocycles. The maximum atomic E-state index is 13.8. The zero-order valence-corrected chi connectivity index (χ0v) is 25.6. The maximum absolute atomic E-state index is 13.8. The molecule has 5 heterocycles. The number of aromatic carboxylic acids is 1. The summed E-state index contributed by atoms with van der Waals surface area (Å²) < 4.78 is 48.1. The molecule has 0 bridgehead atoms. The molecule has 1 aliphatic carbocycles. The summed E-state index contributed by atoms with van der Waals surface area (Å²) >= 11 is 1.43. The molecule has 0 spiro atoms. The Morgan fingerprint density at radius 1 is 1.09 bits per heavy atom. The highest BCUT2D eigenvalue weighted by molar-refractivity contribution is 7.15. The number of pyridine rings is 2. The van der Waals surface area contributed by atoms with Crippen LogP contribution in [0.3, 0.4) is 0 Å². The minimum atomic E-state index is -4.95. The number of rotatable bonds is 9. The van der Waals surface area contributed by atoms with E-state index in [2.05, 4.69) is 23.1 Å². The van der Waals surface area contributed by atoms with Crippen molar-refractivity contribution in [2.24, 2.45) is 5.92 Å². The Bertz CT molecular complexity index is 1740. The number of thiophene rings is 1. The number of hydrogen-bond acceptors (Lipinski definition) is 7. The summed E-state index contributed by atoms with van der Waals surface area (Å²) in [4.78, 5) is 36.8. The highest BCUT2D eigenvalue weighted by atomic mass is 32.1. The molecule has 6 rings (SSSR count). The molecule has 2 aliphatic rings. The Balaban J connectivity index is 1.19. The van der Waals surface area contributed by atoms with E-state index in [1.165, 1.54) is 23.0 Å². The molecule has 45 heavy (non-hydrogen) atoms. The number of amides is 1. The van der Waals surface area contributed by atoms with Gasteiger partial charge in [0.1, 0.15) is 12.2 Å². The number of carboxylic acid groups (broad SMARTS) is 1. The van der Waals surface area contributed by atoms with Gasteiger partial charge in [-0.15, -0.1) is 11.3 Å². The smallest absolute Gasteiger partial charge is 0.434 e. The fourth-order valence-corrected chi connectivity index (χ4v) is 6.88. The second-order valence-corrected chi connectivity index (χ2v) is 12.7. The first-order valence-electron chi connectivity index (χ1n) is 14.9. The van der Waals surface area contributed by atoms with Crippen molar-refractivity contribution < 1.29 is 32.6 Å². The number of carboxylic acids is 1. The largest absolute Gasteiger partial charge is 0.478 e. The molecule has 2 fully saturated rings. The molecule has 0 aromatic carbocycles. The highest BCUT2D eigenvalue weighted by Crippen LogP contribution is 2.37. The first-order chi connectivity index (χ1) is 21.5. The van der Waals surface area contributed by atoms with E-state index in [-0.39, 0.29) is 18.3 Å². The predicted molar refractivity (Wildman–Crippen MR) is 161 cm³/mol. The summed E-state index contributed by atoms with van der Waals surface area (Å²) in [7, 11) is 0. The lowest BCUT2D eigenvalue weighted by atomic mass is 9.87. The molecule has 0 atom stereocenters. The average molecular weight is 640 g/mol. The first-order valence-corrected chi connectivity index (χ1v) is 15.7. The molecule has 1 N–H and O–H groups in total. The van der Waals surface area contributed by atoms with Gasteiger partial charge >= 0.3 is 12.1 Å². The van der Waals surface area contributed by atoms with E-state index in [0.29, 0.717) is 39.2 Å². The Morgan fingerprint density at radius 3 is 2.51 bits per heavy atom. The number of nitrogens with zero attached hydrogens (tertiary/aromatic N) is 5. The number of halogens is 3. The zero-order chi connectivity index (χ0) is 31.9. The molecule has 1 saturated carbocycles. The summed E-state index contributed by atoms with van der Waals surface area (Å²) in [5, 5.41) is 13.0. The summed E-state index contributed by atoms with van der Waals surface area (Å²) in [6.45, 7) is 5.69. The maximum Gasteiger partial charge on any atom is 0.434 e. The quantitative estimate of drug-likeness (QED) is 0.218. The van der Waals surface area contributed by atoms with Crippen LogP contribution in [0.2, 0.25) is 0 Å². The van der Waals surface area contributed by atoms with E-state index in [4.69, 9.17) is 9.72 Å². The van der Waals surface area contributed by atoms with Crippen LogP contribution >= 0.6 is 11.3 Å². The van der Waals surface area contributed by atoms with Gasteiger partial charge in [-0.1, -0.05) is 19.1 Å². The third kappa shape index (κ3) is 6.44. The third-order valence-electron chi connectivity index (χ3n) is 8.25.